The van der Waals surface area contributed by atoms with Gasteiger partial charge in [0, 0.05) is 12.1 Å². The summed E-state index contributed by atoms with van der Waals surface area (Å²) in [5.41, 5.74) is 2.66. The number of carbonyl (C=O) groups is 1. The van der Waals surface area contributed by atoms with Crippen molar-refractivity contribution in [2.75, 3.05) is 0 Å². The smallest absolute Gasteiger partial charge is 0.251 e. The predicted molar refractivity (Wildman–Crippen MR) is 83.7 cm³/mol. The SMILES string of the molecule is Cc1ccc(CNC(=O)c2ccc(-n3cncn3)cc2)cc1F. The molecule has 23 heavy (non-hydrogen) atoms. The van der Waals surface area contributed by atoms with E-state index in [-0.39, 0.29) is 18.3 Å². The summed E-state index contributed by atoms with van der Waals surface area (Å²) in [4.78, 5) is 16.0. The van der Waals surface area contributed by atoms with Crippen molar-refractivity contribution in [2.45, 2.75) is 13.5 Å². The maximum absolute atomic E-state index is 13.5. The number of amides is 1. The summed E-state index contributed by atoms with van der Waals surface area (Å²) in [6.45, 7) is 1.98. The van der Waals surface area contributed by atoms with E-state index in [0.717, 1.165) is 11.3 Å². The molecule has 1 heterocycles. The van der Waals surface area contributed by atoms with E-state index >= 15 is 0 Å². The zero-order chi connectivity index (χ0) is 16.2. The van der Waals surface area contributed by atoms with E-state index in [4.69, 9.17) is 0 Å². The van der Waals surface area contributed by atoms with E-state index in [1.54, 1.807) is 54.3 Å². The molecule has 0 saturated carbocycles. The van der Waals surface area contributed by atoms with Gasteiger partial charge in [0.25, 0.3) is 5.91 Å². The maximum Gasteiger partial charge on any atom is 0.251 e. The fourth-order valence-electron chi connectivity index (χ4n) is 2.14. The number of hydrogen-bond donors (Lipinski definition) is 1. The third-order valence-corrected chi connectivity index (χ3v) is 3.50. The van der Waals surface area contributed by atoms with Crippen molar-refractivity contribution < 1.29 is 9.18 Å². The molecule has 0 saturated heterocycles. The highest BCUT2D eigenvalue weighted by Crippen LogP contribution is 2.10. The van der Waals surface area contributed by atoms with Crippen molar-refractivity contribution >= 4 is 5.91 Å². The molecule has 6 heteroatoms. The van der Waals surface area contributed by atoms with Gasteiger partial charge in [0.2, 0.25) is 0 Å². The van der Waals surface area contributed by atoms with Crippen molar-refractivity contribution in [3.05, 3.63) is 77.6 Å². The highest BCUT2D eigenvalue weighted by atomic mass is 19.1. The number of nitrogens with zero attached hydrogens (tertiary/aromatic N) is 3. The van der Waals surface area contributed by atoms with E-state index in [1.807, 2.05) is 0 Å². The fourth-order valence-corrected chi connectivity index (χ4v) is 2.14. The Labute approximate surface area is 132 Å². The van der Waals surface area contributed by atoms with Crippen molar-refractivity contribution in [1.82, 2.24) is 20.1 Å². The van der Waals surface area contributed by atoms with Gasteiger partial charge in [-0.3, -0.25) is 4.79 Å². The van der Waals surface area contributed by atoms with Crippen LogP contribution in [0.2, 0.25) is 0 Å². The second-order valence-electron chi connectivity index (χ2n) is 5.15. The van der Waals surface area contributed by atoms with Crippen LogP contribution in [0.4, 0.5) is 4.39 Å². The minimum atomic E-state index is -0.270. The second kappa shape index (κ2) is 6.39. The largest absolute Gasteiger partial charge is 0.348 e. The normalized spacial score (nSPS) is 10.5. The van der Waals surface area contributed by atoms with Crippen molar-refractivity contribution in [2.24, 2.45) is 0 Å². The molecular weight excluding hydrogens is 295 g/mol. The molecule has 0 spiro atoms. The van der Waals surface area contributed by atoms with E-state index in [2.05, 4.69) is 15.4 Å². The molecule has 3 aromatic rings. The van der Waals surface area contributed by atoms with Crippen LogP contribution in [0.25, 0.3) is 5.69 Å². The Morgan fingerprint density at radius 3 is 2.65 bits per heavy atom. The van der Waals surface area contributed by atoms with Gasteiger partial charge >= 0.3 is 0 Å². The lowest BCUT2D eigenvalue weighted by Crippen LogP contribution is -2.22. The summed E-state index contributed by atoms with van der Waals surface area (Å²) in [6.07, 6.45) is 3.03. The van der Waals surface area contributed by atoms with Gasteiger partial charge in [-0.1, -0.05) is 12.1 Å². The van der Waals surface area contributed by atoms with Crippen LogP contribution >= 0.6 is 0 Å². The zero-order valence-corrected chi connectivity index (χ0v) is 12.5. The van der Waals surface area contributed by atoms with Crippen LogP contribution < -0.4 is 5.32 Å². The number of halogens is 1. The molecule has 0 aliphatic rings. The molecule has 116 valence electrons. The zero-order valence-electron chi connectivity index (χ0n) is 12.5. The first-order valence-corrected chi connectivity index (χ1v) is 7.12. The molecule has 5 nitrogen and oxygen atoms in total. The molecule has 0 atom stereocenters. The van der Waals surface area contributed by atoms with Crippen LogP contribution in [0.3, 0.4) is 0 Å². The average Bonchev–Trinajstić information content (AvgIpc) is 3.10. The lowest BCUT2D eigenvalue weighted by molar-refractivity contribution is 0.0951. The molecular formula is C17H15FN4O. The highest BCUT2D eigenvalue weighted by Gasteiger charge is 2.07. The number of benzene rings is 2. The molecule has 1 N–H and O–H groups in total. The number of carbonyl (C=O) groups excluding carboxylic acids is 1. The Hall–Kier alpha value is -3.02. The van der Waals surface area contributed by atoms with Crippen LogP contribution in [0.5, 0.6) is 0 Å². The number of nitrogens with one attached hydrogen (secondary N) is 1. The van der Waals surface area contributed by atoms with Gasteiger partial charge in [-0.15, -0.1) is 0 Å². The molecule has 0 aliphatic heterocycles. The molecule has 0 aliphatic carbocycles. The first-order chi connectivity index (χ1) is 11.1. The Kier molecular flexibility index (Phi) is 4.14. The highest BCUT2D eigenvalue weighted by molar-refractivity contribution is 5.94. The Bertz CT molecular complexity index is 813. The molecule has 0 bridgehead atoms. The summed E-state index contributed by atoms with van der Waals surface area (Å²) in [6, 6.07) is 11.9. The molecule has 3 rings (SSSR count). The minimum absolute atomic E-state index is 0.212. The Balaban J connectivity index is 1.65. The van der Waals surface area contributed by atoms with Gasteiger partial charge in [0.1, 0.15) is 18.5 Å². The second-order valence-corrected chi connectivity index (χ2v) is 5.15. The van der Waals surface area contributed by atoms with E-state index in [1.165, 1.54) is 12.4 Å². The van der Waals surface area contributed by atoms with Gasteiger partial charge in [0.05, 0.1) is 5.69 Å². The lowest BCUT2D eigenvalue weighted by Gasteiger charge is -2.07. The molecule has 0 radical (unpaired) electrons. The van der Waals surface area contributed by atoms with Crippen molar-refractivity contribution in [3.63, 3.8) is 0 Å². The topological polar surface area (TPSA) is 59.8 Å². The van der Waals surface area contributed by atoms with E-state index in [0.29, 0.717) is 11.1 Å². The third kappa shape index (κ3) is 3.42. The fraction of sp³-hybridized carbons (Fsp3) is 0.118. The lowest BCUT2D eigenvalue weighted by atomic mass is 10.1. The van der Waals surface area contributed by atoms with E-state index < -0.39 is 0 Å². The predicted octanol–water partition coefficient (Wildman–Crippen LogP) is 2.64. The summed E-state index contributed by atoms with van der Waals surface area (Å²) in [5.74, 6) is -0.481. The quantitative estimate of drug-likeness (QED) is 0.806. The third-order valence-electron chi connectivity index (χ3n) is 3.50. The summed E-state index contributed by atoms with van der Waals surface area (Å²) in [5, 5.41) is 6.80. The summed E-state index contributed by atoms with van der Waals surface area (Å²) in [7, 11) is 0. The molecule has 1 aromatic heterocycles. The van der Waals surface area contributed by atoms with Crippen molar-refractivity contribution in [1.29, 1.82) is 0 Å². The van der Waals surface area contributed by atoms with Crippen molar-refractivity contribution in [3.8, 4) is 5.69 Å². The van der Waals surface area contributed by atoms with Crippen LogP contribution in [-0.2, 0) is 6.54 Å². The first kappa shape index (κ1) is 14.9. The molecule has 2 aromatic carbocycles. The van der Waals surface area contributed by atoms with Gasteiger partial charge < -0.3 is 5.32 Å². The Morgan fingerprint density at radius 2 is 2.00 bits per heavy atom. The number of hydrogen-bond acceptors (Lipinski definition) is 3. The van der Waals surface area contributed by atoms with E-state index in [9.17, 15) is 9.18 Å². The standard InChI is InChI=1S/C17H15FN4O/c1-12-2-3-13(8-16(12)18)9-20-17(23)14-4-6-15(7-5-14)22-11-19-10-21-22/h2-8,10-11H,9H2,1H3,(H,20,23). The van der Waals surface area contributed by atoms with Crippen LogP contribution in [-0.4, -0.2) is 20.7 Å². The van der Waals surface area contributed by atoms with Gasteiger partial charge in [0.15, 0.2) is 0 Å². The molecule has 0 fully saturated rings. The summed E-state index contributed by atoms with van der Waals surface area (Å²) < 4.78 is 15.1. The van der Waals surface area contributed by atoms with Crippen LogP contribution in [0, 0.1) is 12.7 Å². The number of aromatic nitrogens is 3. The summed E-state index contributed by atoms with van der Waals surface area (Å²) >= 11 is 0. The number of rotatable bonds is 4. The van der Waals surface area contributed by atoms with Gasteiger partial charge in [-0.25, -0.2) is 14.1 Å². The van der Waals surface area contributed by atoms with Crippen LogP contribution in [0.1, 0.15) is 21.5 Å². The van der Waals surface area contributed by atoms with Gasteiger partial charge in [-0.05, 0) is 48.4 Å². The maximum atomic E-state index is 13.5. The average molecular weight is 310 g/mol. The van der Waals surface area contributed by atoms with Gasteiger partial charge in [-0.2, -0.15) is 5.10 Å². The molecule has 1 amide bonds. The first-order valence-electron chi connectivity index (χ1n) is 7.12. The monoisotopic (exact) mass is 310 g/mol. The minimum Gasteiger partial charge on any atom is -0.348 e. The molecule has 0 unspecified atom stereocenters. The number of aryl methyl sites for hydroxylation is 1. The van der Waals surface area contributed by atoms with Crippen LogP contribution in [0.15, 0.2) is 55.1 Å². The Morgan fingerprint density at radius 1 is 1.22 bits per heavy atom.